The van der Waals surface area contributed by atoms with Crippen molar-refractivity contribution in [2.75, 3.05) is 6.61 Å². The summed E-state index contributed by atoms with van der Waals surface area (Å²) in [5, 5.41) is 0. The first kappa shape index (κ1) is 16.8. The van der Waals surface area contributed by atoms with E-state index in [1.165, 1.54) is 6.92 Å². The molecule has 0 aromatic heterocycles. The summed E-state index contributed by atoms with van der Waals surface area (Å²) in [5.74, 6) is -1.75. The van der Waals surface area contributed by atoms with Crippen LogP contribution in [0.5, 0.6) is 0 Å². The molecule has 0 aliphatic carbocycles. The van der Waals surface area contributed by atoms with Gasteiger partial charge in [-0.25, -0.2) is 5.43 Å². The van der Waals surface area contributed by atoms with Crippen LogP contribution in [0, 0.1) is 5.92 Å². The number of rotatable bonds is 7. The second-order valence-electron chi connectivity index (χ2n) is 4.59. The minimum Gasteiger partial charge on any atom is -0.465 e. The first-order chi connectivity index (χ1) is 9.97. The van der Waals surface area contributed by atoms with Gasteiger partial charge < -0.3 is 4.74 Å². The van der Waals surface area contributed by atoms with Crippen LogP contribution in [-0.2, 0) is 14.3 Å². The summed E-state index contributed by atoms with van der Waals surface area (Å²) in [5.41, 5.74) is 5.47. The summed E-state index contributed by atoms with van der Waals surface area (Å²) < 4.78 is 4.91. The molecule has 1 amide bonds. The van der Waals surface area contributed by atoms with E-state index in [0.29, 0.717) is 5.56 Å². The van der Waals surface area contributed by atoms with Crippen molar-refractivity contribution in [2.45, 2.75) is 26.8 Å². The molecule has 0 bridgehead atoms. The van der Waals surface area contributed by atoms with E-state index in [0.717, 1.165) is 0 Å². The summed E-state index contributed by atoms with van der Waals surface area (Å²) in [6.45, 7) is 4.87. The number of carbonyl (C=O) groups excluding carboxylic acids is 3. The molecule has 0 aliphatic rings. The van der Waals surface area contributed by atoms with Crippen LogP contribution in [0.2, 0.25) is 0 Å². The van der Waals surface area contributed by atoms with Crippen molar-refractivity contribution < 1.29 is 19.1 Å². The van der Waals surface area contributed by atoms with E-state index in [1.807, 2.05) is 0 Å². The van der Waals surface area contributed by atoms with Crippen molar-refractivity contribution in [3.05, 3.63) is 35.9 Å². The molecule has 0 heterocycles. The molecule has 2 unspecified atom stereocenters. The highest BCUT2D eigenvalue weighted by molar-refractivity contribution is 5.94. The number of hydrazine groups is 1. The van der Waals surface area contributed by atoms with Gasteiger partial charge in [0.25, 0.3) is 5.91 Å². The van der Waals surface area contributed by atoms with Crippen LogP contribution >= 0.6 is 0 Å². The maximum absolute atomic E-state index is 11.9. The predicted octanol–water partition coefficient (Wildman–Crippen LogP) is 1.08. The highest BCUT2D eigenvalue weighted by Crippen LogP contribution is 2.06. The lowest BCUT2D eigenvalue weighted by Gasteiger charge is -2.21. The number of hydrogen-bond acceptors (Lipinski definition) is 5. The van der Waals surface area contributed by atoms with Gasteiger partial charge in [0.1, 0.15) is 11.8 Å². The number of nitrogens with one attached hydrogen (secondary N) is 2. The third-order valence-electron chi connectivity index (χ3n) is 3.06. The molecular weight excluding hydrogens is 272 g/mol. The molecule has 2 N–H and O–H groups in total. The smallest absolute Gasteiger partial charge is 0.325 e. The number of esters is 1. The number of amides is 1. The van der Waals surface area contributed by atoms with Gasteiger partial charge in [-0.3, -0.25) is 19.8 Å². The average Bonchev–Trinajstić information content (AvgIpc) is 2.48. The Kier molecular flexibility index (Phi) is 6.55. The van der Waals surface area contributed by atoms with Gasteiger partial charge in [-0.2, -0.15) is 0 Å². The fraction of sp³-hybridized carbons (Fsp3) is 0.400. The molecule has 2 atom stereocenters. The maximum Gasteiger partial charge on any atom is 0.325 e. The van der Waals surface area contributed by atoms with Crippen LogP contribution < -0.4 is 10.9 Å². The quantitative estimate of drug-likeness (QED) is 0.580. The standard InChI is InChI=1S/C15H20N2O4/c1-4-21-15(20)13(10(2)11(3)18)16-17-14(19)12-8-6-5-7-9-12/h5-10,13,16H,4H2,1-3H3,(H,17,19). The highest BCUT2D eigenvalue weighted by atomic mass is 16.5. The molecule has 0 saturated carbocycles. The van der Waals surface area contributed by atoms with Crippen LogP contribution in [0.3, 0.4) is 0 Å². The first-order valence-corrected chi connectivity index (χ1v) is 6.75. The Hall–Kier alpha value is -2.21. The van der Waals surface area contributed by atoms with Crippen molar-refractivity contribution >= 4 is 17.7 Å². The lowest BCUT2D eigenvalue weighted by molar-refractivity contribution is -0.149. The zero-order valence-corrected chi connectivity index (χ0v) is 12.4. The van der Waals surface area contributed by atoms with Crippen molar-refractivity contribution in [3.8, 4) is 0 Å². The number of ether oxygens (including phenoxy) is 1. The molecule has 0 saturated heterocycles. The van der Waals surface area contributed by atoms with Crippen molar-refractivity contribution in [2.24, 2.45) is 5.92 Å². The SMILES string of the molecule is CCOC(=O)C(NNC(=O)c1ccccc1)C(C)C(C)=O. The monoisotopic (exact) mass is 292 g/mol. The fourth-order valence-corrected chi connectivity index (χ4v) is 1.66. The van der Waals surface area contributed by atoms with E-state index in [2.05, 4.69) is 10.9 Å². The van der Waals surface area contributed by atoms with Gasteiger partial charge in [-0.05, 0) is 26.0 Å². The van der Waals surface area contributed by atoms with Gasteiger partial charge in [0.05, 0.1) is 6.61 Å². The second kappa shape index (κ2) is 8.16. The fourth-order valence-electron chi connectivity index (χ4n) is 1.66. The van der Waals surface area contributed by atoms with E-state index in [-0.39, 0.29) is 18.3 Å². The topological polar surface area (TPSA) is 84.5 Å². The highest BCUT2D eigenvalue weighted by Gasteiger charge is 2.29. The van der Waals surface area contributed by atoms with Crippen molar-refractivity contribution in [3.63, 3.8) is 0 Å². The average molecular weight is 292 g/mol. The second-order valence-corrected chi connectivity index (χ2v) is 4.59. The van der Waals surface area contributed by atoms with Gasteiger partial charge in [0.15, 0.2) is 0 Å². The molecule has 1 rings (SSSR count). The van der Waals surface area contributed by atoms with E-state index < -0.39 is 17.9 Å². The molecular formula is C15H20N2O4. The third kappa shape index (κ3) is 5.00. The van der Waals surface area contributed by atoms with Gasteiger partial charge in [0, 0.05) is 11.5 Å². The predicted molar refractivity (Wildman–Crippen MR) is 77.3 cm³/mol. The first-order valence-electron chi connectivity index (χ1n) is 6.75. The summed E-state index contributed by atoms with van der Waals surface area (Å²) in [4.78, 5) is 35.2. The van der Waals surface area contributed by atoms with E-state index in [4.69, 9.17) is 4.74 Å². The molecule has 1 aromatic rings. The molecule has 114 valence electrons. The molecule has 1 aromatic carbocycles. The molecule has 0 fully saturated rings. The van der Waals surface area contributed by atoms with Gasteiger partial charge in [0.2, 0.25) is 0 Å². The van der Waals surface area contributed by atoms with Crippen LogP contribution in [0.25, 0.3) is 0 Å². The Morgan fingerprint density at radius 1 is 1.19 bits per heavy atom. The normalized spacial score (nSPS) is 13.1. The molecule has 0 aliphatic heterocycles. The molecule has 6 heteroatoms. The summed E-state index contributed by atoms with van der Waals surface area (Å²) in [7, 11) is 0. The lowest BCUT2D eigenvalue weighted by atomic mass is 9.99. The van der Waals surface area contributed by atoms with E-state index >= 15 is 0 Å². The lowest BCUT2D eigenvalue weighted by Crippen LogP contribution is -2.53. The molecule has 6 nitrogen and oxygen atoms in total. The number of carbonyl (C=O) groups is 3. The number of hydrogen-bond donors (Lipinski definition) is 2. The summed E-state index contributed by atoms with van der Waals surface area (Å²) >= 11 is 0. The zero-order valence-electron chi connectivity index (χ0n) is 12.4. The van der Waals surface area contributed by atoms with Crippen LogP contribution in [0.15, 0.2) is 30.3 Å². The molecule has 21 heavy (non-hydrogen) atoms. The Labute approximate surface area is 123 Å². The van der Waals surface area contributed by atoms with Crippen LogP contribution in [0.4, 0.5) is 0 Å². The maximum atomic E-state index is 11.9. The van der Waals surface area contributed by atoms with E-state index in [1.54, 1.807) is 44.2 Å². The Morgan fingerprint density at radius 2 is 1.81 bits per heavy atom. The van der Waals surface area contributed by atoms with Crippen molar-refractivity contribution in [1.82, 2.24) is 10.9 Å². The van der Waals surface area contributed by atoms with Gasteiger partial charge in [-0.15, -0.1) is 0 Å². The van der Waals surface area contributed by atoms with Gasteiger partial charge >= 0.3 is 5.97 Å². The zero-order chi connectivity index (χ0) is 15.8. The van der Waals surface area contributed by atoms with E-state index in [9.17, 15) is 14.4 Å². The number of ketones is 1. The summed E-state index contributed by atoms with van der Waals surface area (Å²) in [6, 6.07) is 7.63. The minimum atomic E-state index is -0.921. The van der Waals surface area contributed by atoms with Gasteiger partial charge in [-0.1, -0.05) is 25.1 Å². The van der Waals surface area contributed by atoms with Crippen molar-refractivity contribution in [1.29, 1.82) is 0 Å². The Morgan fingerprint density at radius 3 is 2.33 bits per heavy atom. The summed E-state index contributed by atoms with van der Waals surface area (Å²) in [6.07, 6.45) is 0. The Balaban J connectivity index is 2.71. The molecule has 0 spiro atoms. The largest absolute Gasteiger partial charge is 0.465 e. The third-order valence-corrected chi connectivity index (χ3v) is 3.06. The Bertz CT molecular complexity index is 502. The number of Topliss-reactive ketones (excluding diaryl/α,β-unsaturated/α-hetero) is 1. The van der Waals surface area contributed by atoms with Crippen LogP contribution in [-0.4, -0.2) is 30.3 Å². The number of benzene rings is 1. The minimum absolute atomic E-state index is 0.172. The van der Waals surface area contributed by atoms with Crippen LogP contribution in [0.1, 0.15) is 31.1 Å². The molecule has 0 radical (unpaired) electrons.